The molecule has 0 spiro atoms. The van der Waals surface area contributed by atoms with E-state index in [4.69, 9.17) is 0 Å². The zero-order chi connectivity index (χ0) is 33.7. The van der Waals surface area contributed by atoms with Gasteiger partial charge in [-0.25, -0.2) is 0 Å². The highest BCUT2D eigenvalue weighted by Gasteiger charge is 2.15. The van der Waals surface area contributed by atoms with E-state index in [9.17, 15) is 10.2 Å². The Morgan fingerprint density at radius 1 is 0.542 bits per heavy atom. The first-order valence-corrected chi connectivity index (χ1v) is 17.5. The Balaban J connectivity index is 0.000000198. The molecular formula is C44H40O2S2. The molecule has 48 heavy (non-hydrogen) atoms. The fraction of sp³-hybridized carbons (Fsp3) is 0.0909. The molecule has 240 valence electrons. The number of phenols is 2. The molecule has 1 unspecified atom stereocenters. The number of hydrogen-bond acceptors (Lipinski definition) is 4. The molecule has 0 aromatic heterocycles. The van der Waals surface area contributed by atoms with E-state index in [2.05, 4.69) is 56.0 Å². The average Bonchev–Trinajstić information content (AvgIpc) is 3.13. The van der Waals surface area contributed by atoms with Gasteiger partial charge in [0.2, 0.25) is 0 Å². The minimum absolute atomic E-state index is 0.292. The van der Waals surface area contributed by atoms with Gasteiger partial charge < -0.3 is 10.2 Å². The lowest BCUT2D eigenvalue weighted by Crippen LogP contribution is -1.94. The second-order valence-corrected chi connectivity index (χ2v) is 12.9. The van der Waals surface area contributed by atoms with Crippen LogP contribution in [0.4, 0.5) is 0 Å². The Morgan fingerprint density at radius 3 is 1.56 bits per heavy atom. The molecule has 0 saturated carbocycles. The summed E-state index contributed by atoms with van der Waals surface area (Å²) in [7, 11) is 0. The third-order valence-corrected chi connectivity index (χ3v) is 9.61. The van der Waals surface area contributed by atoms with E-state index >= 15 is 0 Å². The molecular weight excluding hydrogens is 625 g/mol. The van der Waals surface area contributed by atoms with Gasteiger partial charge in [0.15, 0.2) is 0 Å². The Kier molecular flexibility index (Phi) is 12.4. The van der Waals surface area contributed by atoms with Crippen LogP contribution in [0.5, 0.6) is 11.5 Å². The highest BCUT2D eigenvalue weighted by Crippen LogP contribution is 2.42. The first-order valence-electron chi connectivity index (χ1n) is 16.0. The molecule has 2 nitrogen and oxygen atoms in total. The average molecular weight is 665 g/mol. The fourth-order valence-corrected chi connectivity index (χ4v) is 6.72. The van der Waals surface area contributed by atoms with Crippen molar-refractivity contribution in [3.05, 3.63) is 170 Å². The molecule has 0 aliphatic carbocycles. The third kappa shape index (κ3) is 8.71. The van der Waals surface area contributed by atoms with Gasteiger partial charge in [0.05, 0.1) is 0 Å². The van der Waals surface area contributed by atoms with Gasteiger partial charge in [0.1, 0.15) is 11.5 Å². The van der Waals surface area contributed by atoms with Crippen LogP contribution in [-0.4, -0.2) is 16.0 Å². The summed E-state index contributed by atoms with van der Waals surface area (Å²) in [5.74, 6) is 2.09. The first kappa shape index (κ1) is 34.4. The van der Waals surface area contributed by atoms with Crippen molar-refractivity contribution < 1.29 is 10.2 Å². The molecule has 0 radical (unpaired) electrons. The molecule has 0 fully saturated rings. The van der Waals surface area contributed by atoms with Gasteiger partial charge in [0, 0.05) is 37.8 Å². The molecule has 6 rings (SSSR count). The third-order valence-electron chi connectivity index (χ3n) is 7.86. The van der Waals surface area contributed by atoms with Crippen LogP contribution in [0, 0.1) is 5.92 Å². The quantitative estimate of drug-likeness (QED) is 0.0818. The summed E-state index contributed by atoms with van der Waals surface area (Å²) in [6, 6.07) is 47.8. The number of para-hydroxylation sites is 2. The molecule has 0 bridgehead atoms. The smallest absolute Gasteiger partial charge is 0.131 e. The van der Waals surface area contributed by atoms with E-state index in [0.29, 0.717) is 17.4 Å². The zero-order valence-electron chi connectivity index (χ0n) is 27.2. The molecule has 0 aliphatic rings. The minimum Gasteiger partial charge on any atom is -0.507 e. The minimum atomic E-state index is 0.292. The first-order chi connectivity index (χ1) is 23.5. The van der Waals surface area contributed by atoms with E-state index < -0.39 is 0 Å². The number of thiol groups is 1. The second kappa shape index (κ2) is 17.3. The van der Waals surface area contributed by atoms with E-state index in [1.54, 1.807) is 0 Å². The Bertz CT molecular complexity index is 1980. The van der Waals surface area contributed by atoms with Crippen molar-refractivity contribution in [3.8, 4) is 56.0 Å². The van der Waals surface area contributed by atoms with Crippen LogP contribution in [0.2, 0.25) is 0 Å². The summed E-state index contributed by atoms with van der Waals surface area (Å²) >= 11 is 6.30. The van der Waals surface area contributed by atoms with Gasteiger partial charge in [-0.3, -0.25) is 0 Å². The lowest BCUT2D eigenvalue weighted by molar-refractivity contribution is 0.478. The van der Waals surface area contributed by atoms with Gasteiger partial charge in [-0.15, -0.1) is 24.4 Å². The van der Waals surface area contributed by atoms with Crippen molar-refractivity contribution in [2.75, 3.05) is 5.75 Å². The van der Waals surface area contributed by atoms with Gasteiger partial charge in [-0.2, -0.15) is 0 Å². The lowest BCUT2D eigenvalue weighted by Gasteiger charge is -2.14. The van der Waals surface area contributed by atoms with Gasteiger partial charge in [0.25, 0.3) is 0 Å². The molecule has 2 N–H and O–H groups in total. The van der Waals surface area contributed by atoms with E-state index in [1.165, 1.54) is 4.90 Å². The maximum absolute atomic E-state index is 11.0. The van der Waals surface area contributed by atoms with Crippen LogP contribution in [0.25, 0.3) is 44.5 Å². The van der Waals surface area contributed by atoms with Gasteiger partial charge >= 0.3 is 0 Å². The molecule has 4 heteroatoms. The summed E-state index contributed by atoms with van der Waals surface area (Å²) in [6.07, 6.45) is 8.42. The van der Waals surface area contributed by atoms with Crippen LogP contribution in [0.1, 0.15) is 13.8 Å². The number of allylic oxidation sites excluding steroid dienone is 4. The number of hydrogen-bond donors (Lipinski definition) is 3. The van der Waals surface area contributed by atoms with Crippen molar-refractivity contribution in [2.24, 2.45) is 5.92 Å². The van der Waals surface area contributed by atoms with Crippen LogP contribution < -0.4 is 0 Å². The van der Waals surface area contributed by atoms with Crippen molar-refractivity contribution in [1.29, 1.82) is 0 Å². The summed E-state index contributed by atoms with van der Waals surface area (Å²) in [4.78, 5) is 2.04. The van der Waals surface area contributed by atoms with Crippen LogP contribution in [-0.2, 0) is 0 Å². The number of rotatable bonds is 9. The predicted molar refractivity (Wildman–Crippen MR) is 209 cm³/mol. The van der Waals surface area contributed by atoms with Crippen LogP contribution in [0.3, 0.4) is 0 Å². The number of thioether (sulfide) groups is 1. The summed E-state index contributed by atoms with van der Waals surface area (Å²) in [6.45, 7) is 4.25. The summed E-state index contributed by atoms with van der Waals surface area (Å²) in [5, 5.41) is 21.6. The summed E-state index contributed by atoms with van der Waals surface area (Å²) < 4.78 is 0. The monoisotopic (exact) mass is 664 g/mol. The fourth-order valence-electron chi connectivity index (χ4n) is 5.38. The molecule has 6 aromatic rings. The molecule has 0 saturated heterocycles. The second-order valence-electron chi connectivity index (χ2n) is 11.3. The normalized spacial score (nSPS) is 11.7. The Morgan fingerprint density at radius 2 is 1.00 bits per heavy atom. The van der Waals surface area contributed by atoms with E-state index in [1.807, 2.05) is 152 Å². The van der Waals surface area contributed by atoms with Crippen molar-refractivity contribution >= 4 is 24.4 Å². The highest BCUT2D eigenvalue weighted by molar-refractivity contribution is 7.99. The topological polar surface area (TPSA) is 40.5 Å². The lowest BCUT2D eigenvalue weighted by atomic mass is 9.97. The molecule has 1 atom stereocenters. The van der Waals surface area contributed by atoms with Crippen molar-refractivity contribution in [1.82, 2.24) is 0 Å². The highest BCUT2D eigenvalue weighted by atomic mass is 32.2. The van der Waals surface area contributed by atoms with E-state index in [-0.39, 0.29) is 0 Å². The molecule has 6 aromatic carbocycles. The maximum atomic E-state index is 11.0. The number of phenolic OH excluding ortho intramolecular Hbond substituents is 2. The standard InChI is InChI=1S/C26H26OS.C18H14OS/c1-3-4-6-12-20(2)19-28-25-18-10-9-15-23(25)24-17-11-16-22(26(24)27)21-13-7-5-8-14-21;19-18-14(13-7-2-1-3-8-13)10-6-11-16(18)15-9-4-5-12-17(15)20/h3-18,20,27H,19H2,1-2H3;1-12,19-20H/b4-3-,12-6-;. The summed E-state index contributed by atoms with van der Waals surface area (Å²) in [5.41, 5.74) is 7.41. The zero-order valence-corrected chi connectivity index (χ0v) is 28.9. The number of benzene rings is 6. The van der Waals surface area contributed by atoms with Crippen LogP contribution >= 0.6 is 24.4 Å². The van der Waals surface area contributed by atoms with Crippen molar-refractivity contribution in [3.63, 3.8) is 0 Å². The Labute approximate surface area is 294 Å². The number of aromatic hydroxyl groups is 2. The van der Waals surface area contributed by atoms with Gasteiger partial charge in [-0.1, -0.05) is 165 Å². The molecule has 0 heterocycles. The predicted octanol–water partition coefficient (Wildman–Crippen LogP) is 12.6. The van der Waals surface area contributed by atoms with Crippen molar-refractivity contribution in [2.45, 2.75) is 23.6 Å². The molecule has 0 aliphatic heterocycles. The molecule has 0 amide bonds. The maximum Gasteiger partial charge on any atom is 0.131 e. The van der Waals surface area contributed by atoms with Crippen LogP contribution in [0.15, 0.2) is 180 Å². The Hall–Kier alpha value is -4.90. The SMILES string of the molecule is C/C=C\C=C/C(C)CSc1ccccc1-c1cccc(-c2ccccc2)c1O.Oc1c(-c2ccccc2)cccc1-c1ccccc1S. The van der Waals surface area contributed by atoms with Gasteiger partial charge in [-0.05, 0) is 47.2 Å². The largest absolute Gasteiger partial charge is 0.507 e. The van der Waals surface area contributed by atoms with E-state index in [0.717, 1.165) is 55.2 Å².